The topological polar surface area (TPSA) is 37.4 Å². The molecule has 1 saturated heterocycles. The first-order valence-electron chi connectivity index (χ1n) is 7.54. The summed E-state index contributed by atoms with van der Waals surface area (Å²) in [6.07, 6.45) is 2.65. The van der Waals surface area contributed by atoms with Gasteiger partial charge in [0.15, 0.2) is 0 Å². The standard InChI is InChI=1S/C15H27N3OS/c1-12-13(2)20-15(17-12)11-18-7-4-5-14(10-18)9-16-6-8-19-3/h14,16H,4-11H2,1-3H3. The molecule has 1 N–H and O–H groups in total. The summed E-state index contributed by atoms with van der Waals surface area (Å²) in [6.45, 7) is 10.6. The van der Waals surface area contributed by atoms with Crippen molar-refractivity contribution >= 4 is 11.3 Å². The number of thiazole rings is 1. The molecule has 1 unspecified atom stereocenters. The molecule has 0 aliphatic carbocycles. The molecule has 0 aromatic carbocycles. The average molecular weight is 297 g/mol. The van der Waals surface area contributed by atoms with Crippen LogP contribution in [0.3, 0.4) is 0 Å². The van der Waals surface area contributed by atoms with Gasteiger partial charge in [-0.1, -0.05) is 0 Å². The third kappa shape index (κ3) is 4.81. The van der Waals surface area contributed by atoms with Gasteiger partial charge in [-0.05, 0) is 45.7 Å². The molecule has 0 bridgehead atoms. The highest BCUT2D eigenvalue weighted by molar-refractivity contribution is 7.11. The number of hydrogen-bond donors (Lipinski definition) is 1. The minimum atomic E-state index is 0.766. The zero-order valence-electron chi connectivity index (χ0n) is 12.9. The van der Waals surface area contributed by atoms with Gasteiger partial charge in [-0.25, -0.2) is 4.98 Å². The molecule has 1 aliphatic heterocycles. The number of aryl methyl sites for hydroxylation is 2. The van der Waals surface area contributed by atoms with Gasteiger partial charge in [-0.3, -0.25) is 4.90 Å². The lowest BCUT2D eigenvalue weighted by Gasteiger charge is -2.32. The third-order valence-electron chi connectivity index (χ3n) is 3.95. The molecule has 1 aliphatic rings. The van der Waals surface area contributed by atoms with Crippen molar-refractivity contribution in [1.82, 2.24) is 15.2 Å². The summed E-state index contributed by atoms with van der Waals surface area (Å²) in [5, 5.41) is 4.76. The van der Waals surface area contributed by atoms with Gasteiger partial charge < -0.3 is 10.1 Å². The average Bonchev–Trinajstić information content (AvgIpc) is 2.74. The van der Waals surface area contributed by atoms with Gasteiger partial charge in [-0.2, -0.15) is 0 Å². The second-order valence-corrected chi connectivity index (χ2v) is 6.98. The molecule has 0 amide bonds. The molecule has 1 aromatic heterocycles. The normalized spacial score (nSPS) is 20.4. The maximum atomic E-state index is 5.07. The Morgan fingerprint density at radius 1 is 1.45 bits per heavy atom. The molecule has 1 fully saturated rings. The number of rotatable bonds is 7. The summed E-state index contributed by atoms with van der Waals surface area (Å²) in [4.78, 5) is 8.58. The Morgan fingerprint density at radius 2 is 2.30 bits per heavy atom. The second-order valence-electron chi connectivity index (χ2n) is 5.69. The lowest BCUT2D eigenvalue weighted by Crippen LogP contribution is -2.39. The predicted molar refractivity (Wildman–Crippen MR) is 84.3 cm³/mol. The van der Waals surface area contributed by atoms with E-state index in [4.69, 9.17) is 4.74 Å². The van der Waals surface area contributed by atoms with E-state index >= 15 is 0 Å². The van der Waals surface area contributed by atoms with E-state index in [0.717, 1.165) is 32.2 Å². The van der Waals surface area contributed by atoms with Crippen LogP contribution in [-0.2, 0) is 11.3 Å². The van der Waals surface area contributed by atoms with Crippen LogP contribution in [0.2, 0.25) is 0 Å². The van der Waals surface area contributed by atoms with Crippen LogP contribution < -0.4 is 5.32 Å². The minimum Gasteiger partial charge on any atom is -0.383 e. The van der Waals surface area contributed by atoms with Crippen LogP contribution in [-0.4, -0.2) is 49.8 Å². The number of likely N-dealkylation sites (tertiary alicyclic amines) is 1. The molecule has 4 nitrogen and oxygen atoms in total. The molecule has 114 valence electrons. The third-order valence-corrected chi connectivity index (χ3v) is 5.01. The SMILES string of the molecule is COCCNCC1CCCN(Cc2nc(C)c(C)s2)C1. The van der Waals surface area contributed by atoms with Crippen molar-refractivity contribution in [3.63, 3.8) is 0 Å². The van der Waals surface area contributed by atoms with Crippen molar-refractivity contribution in [3.8, 4) is 0 Å². The van der Waals surface area contributed by atoms with Gasteiger partial charge in [0.1, 0.15) is 5.01 Å². The maximum absolute atomic E-state index is 5.07. The highest BCUT2D eigenvalue weighted by atomic mass is 32.1. The number of ether oxygens (including phenoxy) is 1. The van der Waals surface area contributed by atoms with Gasteiger partial charge in [-0.15, -0.1) is 11.3 Å². The molecule has 2 rings (SSSR count). The van der Waals surface area contributed by atoms with Crippen LogP contribution in [0.25, 0.3) is 0 Å². The molecule has 0 radical (unpaired) electrons. The molecular formula is C15H27N3OS. The first kappa shape index (κ1) is 15.9. The van der Waals surface area contributed by atoms with Gasteiger partial charge in [0.05, 0.1) is 18.8 Å². The molecule has 1 atom stereocenters. The number of methoxy groups -OCH3 is 1. The van der Waals surface area contributed by atoms with E-state index in [9.17, 15) is 0 Å². The summed E-state index contributed by atoms with van der Waals surface area (Å²) in [6, 6.07) is 0. The highest BCUT2D eigenvalue weighted by Gasteiger charge is 2.20. The zero-order chi connectivity index (χ0) is 14.4. The van der Waals surface area contributed by atoms with Crippen molar-refractivity contribution in [3.05, 3.63) is 15.6 Å². The summed E-state index contributed by atoms with van der Waals surface area (Å²) in [5.41, 5.74) is 1.19. The van der Waals surface area contributed by atoms with Crippen molar-refractivity contribution < 1.29 is 4.74 Å². The lowest BCUT2D eigenvalue weighted by molar-refractivity contribution is 0.159. The van der Waals surface area contributed by atoms with E-state index in [1.807, 2.05) is 11.3 Å². The summed E-state index contributed by atoms with van der Waals surface area (Å²) in [5.74, 6) is 0.766. The molecule has 20 heavy (non-hydrogen) atoms. The van der Waals surface area contributed by atoms with Crippen molar-refractivity contribution in [2.45, 2.75) is 33.2 Å². The van der Waals surface area contributed by atoms with Crippen molar-refractivity contribution in [2.75, 3.05) is 39.9 Å². The van der Waals surface area contributed by atoms with E-state index in [2.05, 4.69) is 29.0 Å². The fourth-order valence-electron chi connectivity index (χ4n) is 2.74. The Labute approximate surface area is 126 Å². The van der Waals surface area contributed by atoms with Gasteiger partial charge in [0.25, 0.3) is 0 Å². The number of aromatic nitrogens is 1. The number of piperidine rings is 1. The van der Waals surface area contributed by atoms with Crippen molar-refractivity contribution in [2.24, 2.45) is 5.92 Å². The summed E-state index contributed by atoms with van der Waals surface area (Å²) >= 11 is 1.85. The lowest BCUT2D eigenvalue weighted by atomic mass is 9.98. The summed E-state index contributed by atoms with van der Waals surface area (Å²) in [7, 11) is 1.75. The van der Waals surface area contributed by atoms with Crippen molar-refractivity contribution in [1.29, 1.82) is 0 Å². The fraction of sp³-hybridized carbons (Fsp3) is 0.800. The zero-order valence-corrected chi connectivity index (χ0v) is 13.8. The molecule has 1 aromatic rings. The Hall–Kier alpha value is -0.490. The van der Waals surface area contributed by atoms with Crippen LogP contribution in [0.4, 0.5) is 0 Å². The van der Waals surface area contributed by atoms with E-state index in [0.29, 0.717) is 0 Å². The predicted octanol–water partition coefficient (Wildman–Crippen LogP) is 2.21. The minimum absolute atomic E-state index is 0.766. The Balaban J connectivity index is 1.75. The molecule has 0 saturated carbocycles. The highest BCUT2D eigenvalue weighted by Crippen LogP contribution is 2.22. The van der Waals surface area contributed by atoms with E-state index < -0.39 is 0 Å². The second kappa shape index (κ2) is 8.08. The fourth-order valence-corrected chi connectivity index (χ4v) is 3.72. The van der Waals surface area contributed by atoms with Gasteiger partial charge in [0, 0.05) is 25.1 Å². The number of nitrogens with one attached hydrogen (secondary N) is 1. The Kier molecular flexibility index (Phi) is 6.42. The van der Waals surface area contributed by atoms with E-state index in [1.165, 1.54) is 41.5 Å². The van der Waals surface area contributed by atoms with Crippen LogP contribution >= 0.6 is 11.3 Å². The first-order valence-corrected chi connectivity index (χ1v) is 8.35. The smallest absolute Gasteiger partial charge is 0.107 e. The first-order chi connectivity index (χ1) is 9.69. The Morgan fingerprint density at radius 3 is 3.00 bits per heavy atom. The van der Waals surface area contributed by atoms with Crippen LogP contribution in [0.5, 0.6) is 0 Å². The van der Waals surface area contributed by atoms with Crippen LogP contribution in [0, 0.1) is 19.8 Å². The van der Waals surface area contributed by atoms with Gasteiger partial charge >= 0.3 is 0 Å². The van der Waals surface area contributed by atoms with Crippen LogP contribution in [0.15, 0.2) is 0 Å². The quantitative estimate of drug-likeness (QED) is 0.783. The number of hydrogen-bond acceptors (Lipinski definition) is 5. The molecule has 2 heterocycles. The van der Waals surface area contributed by atoms with E-state index in [-0.39, 0.29) is 0 Å². The summed E-state index contributed by atoms with van der Waals surface area (Å²) < 4.78 is 5.07. The largest absolute Gasteiger partial charge is 0.383 e. The van der Waals surface area contributed by atoms with E-state index in [1.54, 1.807) is 7.11 Å². The maximum Gasteiger partial charge on any atom is 0.107 e. The Bertz CT molecular complexity index is 388. The molecule has 5 heteroatoms. The number of nitrogens with zero attached hydrogens (tertiary/aromatic N) is 2. The monoisotopic (exact) mass is 297 g/mol. The van der Waals surface area contributed by atoms with Gasteiger partial charge in [0.2, 0.25) is 0 Å². The molecule has 0 spiro atoms. The molecular weight excluding hydrogens is 270 g/mol. The van der Waals surface area contributed by atoms with Crippen LogP contribution in [0.1, 0.15) is 28.4 Å².